The number of aromatic nitrogens is 5. The summed E-state index contributed by atoms with van der Waals surface area (Å²) in [7, 11) is 1.98. The highest BCUT2D eigenvalue weighted by molar-refractivity contribution is 14.0. The fourth-order valence-electron chi connectivity index (χ4n) is 4.08. The third-order valence-corrected chi connectivity index (χ3v) is 5.95. The summed E-state index contributed by atoms with van der Waals surface area (Å²) >= 11 is 0. The summed E-state index contributed by atoms with van der Waals surface area (Å²) in [6, 6.07) is 8.83. The average molecular weight is 536 g/mol. The predicted molar refractivity (Wildman–Crippen MR) is 135 cm³/mol. The van der Waals surface area contributed by atoms with Crippen LogP contribution >= 0.6 is 24.0 Å². The number of hydrogen-bond donors (Lipinski definition) is 2. The topological polar surface area (TPSA) is 85.0 Å². The van der Waals surface area contributed by atoms with Crippen LogP contribution in [0.25, 0.3) is 11.0 Å². The SMILES string of the molecule is Cc1nnc(CN=C(NCCCn2c(C)nc3ccccc32)NC2CCCC2)n1C.I. The standard InChI is InChI=1S/C22H32N8.HI/c1-16-25-19-11-6-7-12-20(19)30(16)14-8-13-23-22(26-18-9-4-5-10-18)24-15-21-28-27-17(2)29(21)3;/h6-7,11-12,18H,4-5,8-10,13-15H2,1-3H3,(H2,23,24,26);1H. The second-order valence-electron chi connectivity index (χ2n) is 8.09. The fraction of sp³-hybridized carbons (Fsp3) is 0.545. The van der Waals surface area contributed by atoms with E-state index in [1.165, 1.54) is 31.2 Å². The van der Waals surface area contributed by atoms with Crippen LogP contribution in [0.4, 0.5) is 0 Å². The van der Waals surface area contributed by atoms with Gasteiger partial charge in [0.25, 0.3) is 0 Å². The number of hydrogen-bond acceptors (Lipinski definition) is 4. The van der Waals surface area contributed by atoms with Gasteiger partial charge in [-0.2, -0.15) is 0 Å². The molecule has 1 saturated carbocycles. The molecule has 0 unspecified atom stereocenters. The summed E-state index contributed by atoms with van der Waals surface area (Å²) in [5.41, 5.74) is 2.26. The lowest BCUT2D eigenvalue weighted by atomic mass is 10.2. The van der Waals surface area contributed by atoms with Gasteiger partial charge in [0.05, 0.1) is 11.0 Å². The van der Waals surface area contributed by atoms with Crippen molar-refractivity contribution in [3.05, 3.63) is 41.7 Å². The van der Waals surface area contributed by atoms with E-state index in [1.807, 2.05) is 24.6 Å². The summed E-state index contributed by atoms with van der Waals surface area (Å²) < 4.78 is 4.28. The molecule has 9 heteroatoms. The van der Waals surface area contributed by atoms with Crippen molar-refractivity contribution in [2.75, 3.05) is 6.54 Å². The summed E-state index contributed by atoms with van der Waals surface area (Å²) in [5.74, 6) is 3.71. The number of nitrogens with one attached hydrogen (secondary N) is 2. The van der Waals surface area contributed by atoms with Crippen molar-refractivity contribution in [2.24, 2.45) is 12.0 Å². The molecule has 1 fully saturated rings. The highest BCUT2D eigenvalue weighted by atomic mass is 127. The van der Waals surface area contributed by atoms with E-state index in [0.29, 0.717) is 12.6 Å². The minimum Gasteiger partial charge on any atom is -0.356 e. The Morgan fingerprint density at radius 2 is 1.90 bits per heavy atom. The minimum absolute atomic E-state index is 0. The van der Waals surface area contributed by atoms with Crippen molar-refractivity contribution in [3.8, 4) is 0 Å². The Morgan fingerprint density at radius 1 is 1.13 bits per heavy atom. The number of para-hydroxylation sites is 2. The first-order valence-corrected chi connectivity index (χ1v) is 10.9. The van der Waals surface area contributed by atoms with Crippen LogP contribution in [-0.2, 0) is 20.1 Å². The number of guanidine groups is 1. The minimum atomic E-state index is 0. The van der Waals surface area contributed by atoms with E-state index < -0.39 is 0 Å². The van der Waals surface area contributed by atoms with E-state index in [1.54, 1.807) is 0 Å². The Hall–Kier alpha value is -2.17. The van der Waals surface area contributed by atoms with Gasteiger partial charge in [-0.1, -0.05) is 25.0 Å². The van der Waals surface area contributed by atoms with E-state index in [0.717, 1.165) is 48.5 Å². The zero-order valence-corrected chi connectivity index (χ0v) is 21.0. The molecule has 0 bridgehead atoms. The molecule has 0 atom stereocenters. The molecule has 1 aliphatic rings. The van der Waals surface area contributed by atoms with Crippen molar-refractivity contribution < 1.29 is 0 Å². The van der Waals surface area contributed by atoms with E-state index in [2.05, 4.69) is 55.5 Å². The van der Waals surface area contributed by atoms with E-state index >= 15 is 0 Å². The van der Waals surface area contributed by atoms with Crippen LogP contribution in [0.5, 0.6) is 0 Å². The molecular weight excluding hydrogens is 503 g/mol. The van der Waals surface area contributed by atoms with Gasteiger partial charge in [0.2, 0.25) is 0 Å². The molecule has 2 N–H and O–H groups in total. The second kappa shape index (κ2) is 10.9. The lowest BCUT2D eigenvalue weighted by molar-refractivity contribution is 0.591. The Balaban J connectivity index is 0.00000272. The zero-order chi connectivity index (χ0) is 20.9. The summed E-state index contributed by atoms with van der Waals surface area (Å²) in [6.07, 6.45) is 6.00. The van der Waals surface area contributed by atoms with E-state index in [9.17, 15) is 0 Å². The smallest absolute Gasteiger partial charge is 0.191 e. The van der Waals surface area contributed by atoms with E-state index in [-0.39, 0.29) is 24.0 Å². The molecule has 1 aromatic carbocycles. The number of imidazole rings is 1. The summed E-state index contributed by atoms with van der Waals surface area (Å²) in [4.78, 5) is 9.45. The zero-order valence-electron chi connectivity index (χ0n) is 18.6. The number of halogens is 1. The number of rotatable bonds is 7. The van der Waals surface area contributed by atoms with Crippen molar-refractivity contribution in [3.63, 3.8) is 0 Å². The Labute approximate surface area is 201 Å². The molecule has 2 heterocycles. The van der Waals surface area contributed by atoms with Crippen LogP contribution in [0.1, 0.15) is 49.6 Å². The Kier molecular flexibility index (Phi) is 8.28. The molecule has 2 aromatic heterocycles. The molecule has 0 aliphatic heterocycles. The van der Waals surface area contributed by atoms with Gasteiger partial charge in [-0.3, -0.25) is 0 Å². The molecule has 1 aliphatic carbocycles. The van der Waals surface area contributed by atoms with Gasteiger partial charge in [0.15, 0.2) is 11.8 Å². The van der Waals surface area contributed by atoms with Gasteiger partial charge in [0, 0.05) is 26.2 Å². The molecule has 0 saturated heterocycles. The van der Waals surface area contributed by atoms with Crippen LogP contribution in [0.2, 0.25) is 0 Å². The first kappa shape index (κ1) is 23.5. The number of nitrogens with zero attached hydrogens (tertiary/aromatic N) is 6. The first-order chi connectivity index (χ1) is 14.6. The summed E-state index contributed by atoms with van der Waals surface area (Å²) in [5, 5.41) is 15.5. The number of aliphatic imine (C=N–C) groups is 1. The quantitative estimate of drug-likeness (QED) is 0.209. The third-order valence-electron chi connectivity index (χ3n) is 5.95. The number of aryl methyl sites for hydroxylation is 3. The molecule has 0 spiro atoms. The van der Waals surface area contributed by atoms with Crippen LogP contribution in [-0.4, -0.2) is 42.9 Å². The normalized spacial score (nSPS) is 14.7. The van der Waals surface area contributed by atoms with Gasteiger partial charge >= 0.3 is 0 Å². The van der Waals surface area contributed by atoms with Gasteiger partial charge in [-0.15, -0.1) is 34.2 Å². The van der Waals surface area contributed by atoms with Gasteiger partial charge in [-0.05, 0) is 45.2 Å². The molecule has 31 heavy (non-hydrogen) atoms. The van der Waals surface area contributed by atoms with Crippen molar-refractivity contribution >= 4 is 41.0 Å². The monoisotopic (exact) mass is 536 g/mol. The van der Waals surface area contributed by atoms with Crippen molar-refractivity contribution in [1.29, 1.82) is 0 Å². The van der Waals surface area contributed by atoms with Gasteiger partial charge in [-0.25, -0.2) is 9.98 Å². The first-order valence-electron chi connectivity index (χ1n) is 10.9. The molecule has 4 rings (SSSR count). The maximum absolute atomic E-state index is 4.79. The average Bonchev–Trinajstić information content (AvgIpc) is 3.44. The number of benzene rings is 1. The fourth-order valence-corrected chi connectivity index (χ4v) is 4.08. The predicted octanol–water partition coefficient (Wildman–Crippen LogP) is 3.47. The number of fused-ring (bicyclic) bond motifs is 1. The van der Waals surface area contributed by atoms with Crippen molar-refractivity contribution in [2.45, 2.75) is 65.1 Å². The maximum atomic E-state index is 4.79. The largest absolute Gasteiger partial charge is 0.356 e. The molecule has 168 valence electrons. The highest BCUT2D eigenvalue weighted by Crippen LogP contribution is 2.18. The Bertz CT molecular complexity index is 1020. The second-order valence-corrected chi connectivity index (χ2v) is 8.09. The van der Waals surface area contributed by atoms with Crippen LogP contribution in [0.15, 0.2) is 29.3 Å². The lowest BCUT2D eigenvalue weighted by Gasteiger charge is -2.17. The maximum Gasteiger partial charge on any atom is 0.191 e. The molecular formula is C22H33IN8. The van der Waals surface area contributed by atoms with Gasteiger partial charge < -0.3 is 19.8 Å². The lowest BCUT2D eigenvalue weighted by Crippen LogP contribution is -2.43. The highest BCUT2D eigenvalue weighted by Gasteiger charge is 2.16. The van der Waals surface area contributed by atoms with Gasteiger partial charge in [0.1, 0.15) is 18.2 Å². The molecule has 3 aromatic rings. The van der Waals surface area contributed by atoms with Crippen LogP contribution in [0, 0.1) is 13.8 Å². The summed E-state index contributed by atoms with van der Waals surface area (Å²) in [6.45, 7) is 6.33. The third kappa shape index (κ3) is 5.75. The van der Waals surface area contributed by atoms with Crippen LogP contribution < -0.4 is 10.6 Å². The molecule has 8 nitrogen and oxygen atoms in total. The Morgan fingerprint density at radius 3 is 2.65 bits per heavy atom. The molecule has 0 radical (unpaired) electrons. The van der Waals surface area contributed by atoms with Crippen molar-refractivity contribution in [1.82, 2.24) is 34.9 Å². The van der Waals surface area contributed by atoms with E-state index in [4.69, 9.17) is 4.99 Å². The molecule has 0 amide bonds. The van der Waals surface area contributed by atoms with Crippen LogP contribution in [0.3, 0.4) is 0 Å².